The monoisotopic (exact) mass is 489 g/mol. The number of carbonyl (C=O) groups excluding carboxylic acids is 1. The van der Waals surface area contributed by atoms with Crippen LogP contribution in [0.25, 0.3) is 0 Å². The minimum Gasteiger partial charge on any atom is -0.475 e. The van der Waals surface area contributed by atoms with E-state index >= 15 is 0 Å². The summed E-state index contributed by atoms with van der Waals surface area (Å²) in [7, 11) is 3.85. The third-order valence-corrected chi connectivity index (χ3v) is 4.95. The van der Waals surface area contributed by atoms with Gasteiger partial charge in [-0.1, -0.05) is 0 Å². The Morgan fingerprint density at radius 1 is 1.00 bits per heavy atom. The summed E-state index contributed by atoms with van der Waals surface area (Å²) in [4.78, 5) is 31.5. The van der Waals surface area contributed by atoms with Crippen molar-refractivity contribution in [3.05, 3.63) is 47.8 Å². The number of carboxylic acids is 1. The fourth-order valence-electron chi connectivity index (χ4n) is 3.17. The van der Waals surface area contributed by atoms with Crippen molar-refractivity contribution in [1.29, 1.82) is 0 Å². The van der Waals surface area contributed by atoms with Gasteiger partial charge >= 0.3 is 12.1 Å². The van der Waals surface area contributed by atoms with E-state index in [-0.39, 0.29) is 23.6 Å². The van der Waals surface area contributed by atoms with E-state index in [2.05, 4.69) is 20.6 Å². The number of carbonyl (C=O) groups is 2. The van der Waals surface area contributed by atoms with Crippen LogP contribution in [0.3, 0.4) is 0 Å². The average Bonchev–Trinajstić information content (AvgIpc) is 2.77. The van der Waals surface area contributed by atoms with E-state index in [0.29, 0.717) is 0 Å². The van der Waals surface area contributed by atoms with Gasteiger partial charge in [-0.3, -0.25) is 4.79 Å². The fourth-order valence-corrected chi connectivity index (χ4v) is 3.17. The number of nitrogens with zero attached hydrogens (tertiary/aromatic N) is 3. The Hall–Kier alpha value is -3.51. The highest BCUT2D eigenvalue weighted by molar-refractivity contribution is 5.94. The molecule has 0 spiro atoms. The van der Waals surface area contributed by atoms with E-state index in [9.17, 15) is 26.7 Å². The summed E-state index contributed by atoms with van der Waals surface area (Å²) in [5, 5.41) is 13.4. The number of benzene rings is 1. The van der Waals surface area contributed by atoms with E-state index in [1.807, 2.05) is 25.1 Å². The van der Waals surface area contributed by atoms with Gasteiger partial charge in [0, 0.05) is 37.8 Å². The maximum absolute atomic E-state index is 13.3. The summed E-state index contributed by atoms with van der Waals surface area (Å²) in [6.45, 7) is 0. The van der Waals surface area contributed by atoms with E-state index in [4.69, 9.17) is 9.90 Å². The van der Waals surface area contributed by atoms with Crippen molar-refractivity contribution in [3.8, 4) is 0 Å². The quantitative estimate of drug-likeness (QED) is 0.551. The molecule has 34 heavy (non-hydrogen) atoms. The second kappa shape index (κ2) is 11.6. The third kappa shape index (κ3) is 8.12. The van der Waals surface area contributed by atoms with Gasteiger partial charge in [0.05, 0.1) is 0 Å². The first-order chi connectivity index (χ1) is 15.9. The first kappa shape index (κ1) is 26.7. The van der Waals surface area contributed by atoms with Gasteiger partial charge in [0.1, 0.15) is 18.0 Å². The molecule has 186 valence electrons. The molecule has 0 radical (unpaired) electrons. The number of alkyl halides is 3. The van der Waals surface area contributed by atoms with Crippen molar-refractivity contribution < 1.29 is 36.6 Å². The first-order valence-corrected chi connectivity index (χ1v) is 10.2. The van der Waals surface area contributed by atoms with Crippen LogP contribution in [0.2, 0.25) is 0 Å². The van der Waals surface area contributed by atoms with Crippen LogP contribution in [0.4, 0.5) is 33.6 Å². The van der Waals surface area contributed by atoms with Gasteiger partial charge in [-0.2, -0.15) is 13.2 Å². The zero-order valence-electron chi connectivity index (χ0n) is 18.4. The molecule has 1 aromatic heterocycles. The van der Waals surface area contributed by atoms with Crippen LogP contribution in [0.15, 0.2) is 30.6 Å². The molecule has 1 aromatic carbocycles. The van der Waals surface area contributed by atoms with Crippen LogP contribution in [0, 0.1) is 11.6 Å². The first-order valence-electron chi connectivity index (χ1n) is 10.2. The van der Waals surface area contributed by atoms with Crippen LogP contribution in [0.1, 0.15) is 36.0 Å². The van der Waals surface area contributed by atoms with E-state index < -0.39 is 23.8 Å². The van der Waals surface area contributed by atoms with E-state index in [1.165, 1.54) is 12.4 Å². The predicted octanol–water partition coefficient (Wildman–Crippen LogP) is 3.61. The molecule has 3 N–H and O–H groups in total. The molecule has 1 heterocycles. The van der Waals surface area contributed by atoms with Crippen LogP contribution in [-0.2, 0) is 4.79 Å². The maximum atomic E-state index is 13.3. The molecule has 2 aromatic rings. The SMILES string of the molecule is CN(C)c1cc(N[C@H]2CC[C@@H](NC(=O)c3ccc(F)c(F)c3)CC2)ncn1.O=C(O)C(F)(F)F. The Morgan fingerprint density at radius 2 is 1.59 bits per heavy atom. The number of amides is 1. The second-order valence-corrected chi connectivity index (χ2v) is 7.75. The van der Waals surface area contributed by atoms with Crippen molar-refractivity contribution in [1.82, 2.24) is 15.3 Å². The molecule has 1 aliphatic carbocycles. The molecular weight excluding hydrogens is 465 g/mol. The number of aliphatic carboxylic acids is 1. The lowest BCUT2D eigenvalue weighted by Crippen LogP contribution is -2.40. The van der Waals surface area contributed by atoms with Crippen molar-refractivity contribution in [2.24, 2.45) is 0 Å². The lowest BCUT2D eigenvalue weighted by atomic mass is 9.91. The highest BCUT2D eigenvalue weighted by atomic mass is 19.4. The molecule has 0 saturated heterocycles. The summed E-state index contributed by atoms with van der Waals surface area (Å²) in [5.41, 5.74) is 0.131. The van der Waals surface area contributed by atoms with Gasteiger partial charge in [0.25, 0.3) is 5.91 Å². The smallest absolute Gasteiger partial charge is 0.475 e. The normalized spacial score (nSPS) is 17.7. The average molecular weight is 489 g/mol. The molecule has 0 aliphatic heterocycles. The molecule has 1 fully saturated rings. The number of halogens is 5. The number of hydrogen-bond donors (Lipinski definition) is 3. The third-order valence-electron chi connectivity index (χ3n) is 4.95. The topological polar surface area (TPSA) is 107 Å². The van der Waals surface area contributed by atoms with Gasteiger partial charge in [-0.15, -0.1) is 0 Å². The molecule has 8 nitrogen and oxygen atoms in total. The van der Waals surface area contributed by atoms with Gasteiger partial charge in [0.15, 0.2) is 11.6 Å². The predicted molar refractivity (Wildman–Crippen MR) is 114 cm³/mol. The largest absolute Gasteiger partial charge is 0.490 e. The molecule has 3 rings (SSSR count). The van der Waals surface area contributed by atoms with Crippen molar-refractivity contribution in [3.63, 3.8) is 0 Å². The number of anilines is 2. The molecule has 0 unspecified atom stereocenters. The lowest BCUT2D eigenvalue weighted by Gasteiger charge is -2.30. The highest BCUT2D eigenvalue weighted by Crippen LogP contribution is 2.23. The molecule has 0 bridgehead atoms. The number of rotatable bonds is 5. The lowest BCUT2D eigenvalue weighted by molar-refractivity contribution is -0.192. The van der Waals surface area contributed by atoms with Gasteiger partial charge < -0.3 is 20.6 Å². The van der Waals surface area contributed by atoms with Crippen LogP contribution >= 0.6 is 0 Å². The van der Waals surface area contributed by atoms with Gasteiger partial charge in [0.2, 0.25) is 0 Å². The summed E-state index contributed by atoms with van der Waals surface area (Å²) >= 11 is 0. The standard InChI is InChI=1S/C19H23F2N5O.C2HF3O2/c1-26(2)18-10-17(22-11-23-18)24-13-4-6-14(7-5-13)25-19(27)12-3-8-15(20)16(21)9-12;3-2(4,5)1(6)7/h3,8-11,13-14H,4-7H2,1-2H3,(H,25,27)(H,22,23,24);(H,6,7)/t13-,14+;. The molecule has 1 saturated carbocycles. The zero-order chi connectivity index (χ0) is 25.5. The summed E-state index contributed by atoms with van der Waals surface area (Å²) in [5.74, 6) is -3.50. The Labute approximate surface area is 192 Å². The number of carboxylic acid groups (broad SMARTS) is 1. The van der Waals surface area contributed by atoms with Gasteiger partial charge in [-0.05, 0) is 43.9 Å². The number of nitrogens with one attached hydrogen (secondary N) is 2. The maximum Gasteiger partial charge on any atom is 0.490 e. The Balaban J connectivity index is 0.000000509. The number of aromatic nitrogens is 2. The summed E-state index contributed by atoms with van der Waals surface area (Å²) in [6.07, 6.45) is -0.184. The van der Waals surface area contributed by atoms with Crippen molar-refractivity contribution >= 4 is 23.5 Å². The number of hydrogen-bond acceptors (Lipinski definition) is 6. The summed E-state index contributed by atoms with van der Waals surface area (Å²) < 4.78 is 58.0. The van der Waals surface area contributed by atoms with Crippen molar-refractivity contribution in [2.45, 2.75) is 43.9 Å². The molecule has 13 heteroatoms. The van der Waals surface area contributed by atoms with E-state index in [1.54, 1.807) is 0 Å². The Morgan fingerprint density at radius 3 is 2.12 bits per heavy atom. The van der Waals surface area contributed by atoms with Crippen LogP contribution in [-0.4, -0.2) is 59.3 Å². The zero-order valence-corrected chi connectivity index (χ0v) is 18.4. The van der Waals surface area contributed by atoms with Crippen LogP contribution in [0.5, 0.6) is 0 Å². The molecular formula is C21H24F5N5O3. The van der Waals surface area contributed by atoms with Crippen molar-refractivity contribution in [2.75, 3.05) is 24.3 Å². The molecule has 1 aliphatic rings. The Kier molecular flexibility index (Phi) is 9.10. The summed E-state index contributed by atoms with van der Waals surface area (Å²) in [6, 6.07) is 5.37. The molecule has 1 amide bonds. The van der Waals surface area contributed by atoms with Crippen LogP contribution < -0.4 is 15.5 Å². The molecule has 0 atom stereocenters. The highest BCUT2D eigenvalue weighted by Gasteiger charge is 2.38. The second-order valence-electron chi connectivity index (χ2n) is 7.75. The van der Waals surface area contributed by atoms with E-state index in [0.717, 1.165) is 49.5 Å². The Bertz CT molecular complexity index is 995. The fraction of sp³-hybridized carbons (Fsp3) is 0.429. The van der Waals surface area contributed by atoms with Gasteiger partial charge in [-0.25, -0.2) is 23.5 Å². The minimum atomic E-state index is -5.08. The minimum absolute atomic E-state index is 0.0198.